The van der Waals surface area contributed by atoms with Gasteiger partial charge >= 0.3 is 0 Å². The van der Waals surface area contributed by atoms with Crippen molar-refractivity contribution in [2.24, 2.45) is 0 Å². The quantitative estimate of drug-likeness (QED) is 0.856. The molecule has 24 heavy (non-hydrogen) atoms. The second kappa shape index (κ2) is 7.66. The molecule has 1 aliphatic rings. The molecule has 0 aliphatic carbocycles. The molecule has 1 fully saturated rings. The van der Waals surface area contributed by atoms with E-state index >= 15 is 0 Å². The standard InChI is InChI=1S/C17H22N4O2.ClH/c1-11(2)17-19-16(20-23-17)14-4-3-9-21(14)15(22)10-12-5-7-13(18)8-6-12;/h5-8,11,14H,3-4,9-10,18H2,1-2H3;1H. The molecule has 0 saturated carbocycles. The van der Waals surface area contributed by atoms with Crippen LogP contribution in [0.25, 0.3) is 0 Å². The van der Waals surface area contributed by atoms with Gasteiger partial charge in [-0.25, -0.2) is 0 Å². The van der Waals surface area contributed by atoms with Gasteiger partial charge in [-0.05, 0) is 30.5 Å². The largest absolute Gasteiger partial charge is 0.399 e. The zero-order valence-electron chi connectivity index (χ0n) is 13.9. The van der Waals surface area contributed by atoms with Crippen LogP contribution in [0.2, 0.25) is 0 Å². The molecule has 0 bridgehead atoms. The molecule has 2 N–H and O–H groups in total. The van der Waals surface area contributed by atoms with Gasteiger partial charge in [0.25, 0.3) is 0 Å². The summed E-state index contributed by atoms with van der Waals surface area (Å²) in [7, 11) is 0. The van der Waals surface area contributed by atoms with Gasteiger partial charge in [-0.2, -0.15) is 4.98 Å². The molecule has 1 aromatic carbocycles. The SMILES string of the molecule is CC(C)c1nc(C2CCCN2C(=O)Cc2ccc(N)cc2)no1.Cl. The van der Waals surface area contributed by atoms with Crippen molar-refractivity contribution in [3.8, 4) is 0 Å². The first-order valence-corrected chi connectivity index (χ1v) is 8.02. The van der Waals surface area contributed by atoms with Crippen LogP contribution in [0.3, 0.4) is 0 Å². The summed E-state index contributed by atoms with van der Waals surface area (Å²) in [5, 5.41) is 4.07. The fourth-order valence-corrected chi connectivity index (χ4v) is 2.86. The van der Waals surface area contributed by atoms with E-state index in [-0.39, 0.29) is 30.3 Å². The van der Waals surface area contributed by atoms with Crippen LogP contribution < -0.4 is 5.73 Å². The lowest BCUT2D eigenvalue weighted by atomic mass is 10.1. The monoisotopic (exact) mass is 350 g/mol. The van der Waals surface area contributed by atoms with Crippen LogP contribution in [0.15, 0.2) is 28.8 Å². The van der Waals surface area contributed by atoms with Crippen molar-refractivity contribution in [1.82, 2.24) is 15.0 Å². The van der Waals surface area contributed by atoms with Crippen molar-refractivity contribution in [2.45, 2.75) is 45.1 Å². The molecule has 1 amide bonds. The van der Waals surface area contributed by atoms with Gasteiger partial charge in [-0.3, -0.25) is 4.79 Å². The van der Waals surface area contributed by atoms with Crippen molar-refractivity contribution < 1.29 is 9.32 Å². The van der Waals surface area contributed by atoms with Gasteiger partial charge in [-0.1, -0.05) is 31.1 Å². The lowest BCUT2D eigenvalue weighted by molar-refractivity contribution is -0.131. The van der Waals surface area contributed by atoms with Crippen LogP contribution >= 0.6 is 12.4 Å². The summed E-state index contributed by atoms with van der Waals surface area (Å²) in [5.74, 6) is 1.53. The summed E-state index contributed by atoms with van der Waals surface area (Å²) in [6.45, 7) is 4.76. The highest BCUT2D eigenvalue weighted by Gasteiger charge is 2.33. The number of halogens is 1. The van der Waals surface area contributed by atoms with E-state index < -0.39 is 0 Å². The summed E-state index contributed by atoms with van der Waals surface area (Å²) in [6, 6.07) is 7.34. The first kappa shape index (κ1) is 18.3. The number of likely N-dealkylation sites (tertiary alicyclic amines) is 1. The fourth-order valence-electron chi connectivity index (χ4n) is 2.86. The Morgan fingerprint density at radius 3 is 2.71 bits per heavy atom. The predicted octanol–water partition coefficient (Wildman–Crippen LogP) is 3.10. The van der Waals surface area contributed by atoms with E-state index in [1.54, 1.807) is 0 Å². The highest BCUT2D eigenvalue weighted by Crippen LogP contribution is 2.31. The Hall–Kier alpha value is -2.08. The van der Waals surface area contributed by atoms with Crippen molar-refractivity contribution >= 4 is 24.0 Å². The third-order valence-corrected chi connectivity index (χ3v) is 4.16. The Morgan fingerprint density at radius 2 is 2.08 bits per heavy atom. The highest BCUT2D eigenvalue weighted by atomic mass is 35.5. The summed E-state index contributed by atoms with van der Waals surface area (Å²) in [5.41, 5.74) is 7.35. The van der Waals surface area contributed by atoms with Crippen LogP contribution in [0.4, 0.5) is 5.69 Å². The number of rotatable bonds is 4. The maximum atomic E-state index is 12.6. The Bertz CT molecular complexity index is 684. The smallest absolute Gasteiger partial charge is 0.229 e. The zero-order chi connectivity index (χ0) is 16.4. The summed E-state index contributed by atoms with van der Waals surface area (Å²) in [6.07, 6.45) is 2.21. The number of benzene rings is 1. The van der Waals surface area contributed by atoms with Crippen molar-refractivity contribution in [3.63, 3.8) is 0 Å². The number of hydrogen-bond donors (Lipinski definition) is 1. The second-order valence-corrected chi connectivity index (χ2v) is 6.31. The third-order valence-electron chi connectivity index (χ3n) is 4.16. The summed E-state index contributed by atoms with van der Waals surface area (Å²) in [4.78, 5) is 19.0. The number of carbonyl (C=O) groups excluding carboxylic acids is 1. The number of carbonyl (C=O) groups is 1. The van der Waals surface area contributed by atoms with Gasteiger partial charge in [-0.15, -0.1) is 12.4 Å². The van der Waals surface area contributed by atoms with Crippen molar-refractivity contribution in [2.75, 3.05) is 12.3 Å². The zero-order valence-corrected chi connectivity index (χ0v) is 14.8. The fraction of sp³-hybridized carbons (Fsp3) is 0.471. The Balaban J connectivity index is 0.00000208. The average molecular weight is 351 g/mol. The van der Waals surface area contributed by atoms with E-state index in [9.17, 15) is 4.79 Å². The van der Waals surface area contributed by atoms with Crippen molar-refractivity contribution in [3.05, 3.63) is 41.5 Å². The molecule has 7 heteroatoms. The van der Waals surface area contributed by atoms with E-state index in [0.717, 1.165) is 24.9 Å². The van der Waals surface area contributed by atoms with Gasteiger partial charge in [0.05, 0.1) is 12.5 Å². The van der Waals surface area contributed by atoms with E-state index in [4.69, 9.17) is 10.3 Å². The van der Waals surface area contributed by atoms with Crippen LogP contribution in [0.5, 0.6) is 0 Å². The highest BCUT2D eigenvalue weighted by molar-refractivity contribution is 5.85. The molecule has 1 aromatic heterocycles. The van der Waals surface area contributed by atoms with Crippen LogP contribution in [0.1, 0.15) is 55.9 Å². The Kier molecular flexibility index (Phi) is 5.83. The predicted molar refractivity (Wildman–Crippen MR) is 93.9 cm³/mol. The Labute approximate surface area is 147 Å². The van der Waals surface area contributed by atoms with Gasteiger partial charge in [0.15, 0.2) is 5.82 Å². The second-order valence-electron chi connectivity index (χ2n) is 6.31. The van der Waals surface area contributed by atoms with Crippen molar-refractivity contribution in [1.29, 1.82) is 0 Å². The topological polar surface area (TPSA) is 85.2 Å². The van der Waals surface area contributed by atoms with Gasteiger partial charge < -0.3 is 15.2 Å². The molecule has 3 rings (SSSR count). The van der Waals surface area contributed by atoms with Gasteiger partial charge in [0.2, 0.25) is 11.8 Å². The van der Waals surface area contributed by atoms with Gasteiger partial charge in [0.1, 0.15) is 0 Å². The molecule has 1 aliphatic heterocycles. The molecule has 0 spiro atoms. The number of aromatic nitrogens is 2. The minimum Gasteiger partial charge on any atom is -0.399 e. The van der Waals surface area contributed by atoms with Gasteiger partial charge in [0, 0.05) is 18.2 Å². The first-order chi connectivity index (χ1) is 11.0. The summed E-state index contributed by atoms with van der Waals surface area (Å²) >= 11 is 0. The minimum absolute atomic E-state index is 0. The lowest BCUT2D eigenvalue weighted by Gasteiger charge is -2.22. The molecule has 1 saturated heterocycles. The molecule has 0 radical (unpaired) electrons. The average Bonchev–Trinajstić information content (AvgIpc) is 3.17. The maximum absolute atomic E-state index is 12.6. The molecule has 2 heterocycles. The number of nitrogens with zero attached hydrogens (tertiary/aromatic N) is 3. The molecule has 130 valence electrons. The molecular formula is C17H23ClN4O2. The minimum atomic E-state index is -0.0764. The first-order valence-electron chi connectivity index (χ1n) is 8.02. The van der Waals surface area contributed by atoms with E-state index in [0.29, 0.717) is 23.8 Å². The molecule has 6 nitrogen and oxygen atoms in total. The lowest BCUT2D eigenvalue weighted by Crippen LogP contribution is -2.32. The molecule has 1 unspecified atom stereocenters. The van der Waals surface area contributed by atoms with E-state index in [1.807, 2.05) is 43.0 Å². The molecule has 2 aromatic rings. The Morgan fingerprint density at radius 1 is 1.38 bits per heavy atom. The van der Waals surface area contributed by atoms with Crippen LogP contribution in [0, 0.1) is 0 Å². The number of amides is 1. The number of nitrogen functional groups attached to an aromatic ring is 1. The number of anilines is 1. The van der Waals surface area contributed by atoms with Crippen LogP contribution in [-0.4, -0.2) is 27.5 Å². The number of hydrogen-bond acceptors (Lipinski definition) is 5. The van der Waals surface area contributed by atoms with E-state index in [2.05, 4.69) is 10.1 Å². The van der Waals surface area contributed by atoms with E-state index in [1.165, 1.54) is 0 Å². The van der Waals surface area contributed by atoms with Crippen LogP contribution in [-0.2, 0) is 11.2 Å². The normalized spacial score (nSPS) is 17.1. The number of nitrogens with two attached hydrogens (primary N) is 1. The third kappa shape index (κ3) is 3.87. The maximum Gasteiger partial charge on any atom is 0.229 e. The molecule has 1 atom stereocenters. The molecular weight excluding hydrogens is 328 g/mol. The summed E-state index contributed by atoms with van der Waals surface area (Å²) < 4.78 is 5.29.